The Morgan fingerprint density at radius 3 is 1.61 bits per heavy atom. The predicted octanol–water partition coefficient (Wildman–Crippen LogP) is 14.5. The first kappa shape index (κ1) is 34.5. The van der Waals surface area contributed by atoms with Gasteiger partial charge in [-0.25, -0.2) is 15.0 Å². The molecule has 0 unspecified atom stereocenters. The molecule has 0 N–H and O–H groups in total. The molecule has 0 aliphatic carbocycles. The van der Waals surface area contributed by atoms with Crippen molar-refractivity contribution in [2.75, 3.05) is 0 Å². The lowest BCUT2D eigenvalue weighted by atomic mass is 10.0. The lowest BCUT2D eigenvalue weighted by Crippen LogP contribution is -2.01. The van der Waals surface area contributed by atoms with Crippen LogP contribution in [-0.2, 0) is 0 Å². The minimum absolute atomic E-state index is 0.640. The number of benzene rings is 10. The minimum Gasteiger partial charge on any atom is -0.309 e. The highest BCUT2D eigenvalue weighted by atomic mass is 15.0. The molecule has 3 aromatic heterocycles. The summed E-state index contributed by atoms with van der Waals surface area (Å²) < 4.78 is 4.86. The Kier molecular flexibility index (Phi) is 7.54. The first-order valence-corrected chi connectivity index (χ1v) is 21.0. The molecular weight excluding hydrogens is 755 g/mol. The lowest BCUT2D eigenvalue weighted by Gasteiger charge is -2.15. The zero-order valence-electron chi connectivity index (χ0n) is 33.4. The van der Waals surface area contributed by atoms with E-state index >= 15 is 0 Å². The Balaban J connectivity index is 1.00. The number of para-hydroxylation sites is 2. The van der Waals surface area contributed by atoms with Crippen molar-refractivity contribution in [2.45, 2.75) is 0 Å². The number of hydrogen-bond donors (Lipinski definition) is 0. The average Bonchev–Trinajstić information content (AvgIpc) is 3.85. The fourth-order valence-electron chi connectivity index (χ4n) is 9.72. The van der Waals surface area contributed by atoms with Gasteiger partial charge < -0.3 is 9.13 Å². The fraction of sp³-hybridized carbons (Fsp3) is 0. The molecule has 0 saturated heterocycles. The summed E-state index contributed by atoms with van der Waals surface area (Å²) in [6, 6.07) is 75.8. The normalized spacial score (nSPS) is 11.9. The molecule has 10 aromatic carbocycles. The van der Waals surface area contributed by atoms with E-state index in [0.717, 1.165) is 49.9 Å². The maximum atomic E-state index is 5.12. The number of rotatable bonds is 5. The Morgan fingerprint density at radius 2 is 0.871 bits per heavy atom. The second-order valence-corrected chi connectivity index (χ2v) is 16.0. The number of fused-ring (bicyclic) bond motifs is 10. The van der Waals surface area contributed by atoms with Gasteiger partial charge in [-0.05, 0) is 81.5 Å². The Labute approximate surface area is 356 Å². The molecule has 5 heteroatoms. The highest BCUT2D eigenvalue weighted by Crippen LogP contribution is 2.41. The van der Waals surface area contributed by atoms with Gasteiger partial charge in [-0.2, -0.15) is 0 Å². The van der Waals surface area contributed by atoms with E-state index in [9.17, 15) is 0 Å². The molecule has 62 heavy (non-hydrogen) atoms. The van der Waals surface area contributed by atoms with E-state index in [1.807, 2.05) is 60.7 Å². The third kappa shape index (κ3) is 5.25. The van der Waals surface area contributed by atoms with Crippen LogP contribution < -0.4 is 0 Å². The largest absolute Gasteiger partial charge is 0.309 e. The molecule has 13 aromatic rings. The van der Waals surface area contributed by atoms with E-state index < -0.39 is 0 Å². The van der Waals surface area contributed by atoms with E-state index in [2.05, 4.69) is 161 Å². The van der Waals surface area contributed by atoms with Gasteiger partial charge in [-0.3, -0.25) is 0 Å². The van der Waals surface area contributed by atoms with Crippen molar-refractivity contribution in [3.05, 3.63) is 212 Å². The van der Waals surface area contributed by atoms with Gasteiger partial charge in [0.15, 0.2) is 17.5 Å². The zero-order chi connectivity index (χ0) is 40.7. The second-order valence-electron chi connectivity index (χ2n) is 16.0. The summed E-state index contributed by atoms with van der Waals surface area (Å²) >= 11 is 0. The maximum absolute atomic E-state index is 5.12. The Morgan fingerprint density at radius 1 is 0.290 bits per heavy atom. The maximum Gasteiger partial charge on any atom is 0.164 e. The quantitative estimate of drug-likeness (QED) is 0.174. The molecule has 288 valence electrons. The predicted molar refractivity (Wildman–Crippen MR) is 257 cm³/mol. The Bertz CT molecular complexity index is 3860. The van der Waals surface area contributed by atoms with Gasteiger partial charge in [0.25, 0.3) is 0 Å². The van der Waals surface area contributed by atoms with Crippen molar-refractivity contribution in [3.63, 3.8) is 0 Å². The standard InChI is InChI=1S/C57H35N5/c1-3-16-37(17-4-1)55-58-56(38-18-5-2-6-19-38)60-57(59-55)46-30-32-51(44-22-10-9-21-43(44)46)62-49-25-13-11-23-45(49)48-34-40-33-41(29-27-39(40)35-53(48)62)61-50-26-14-12-24-47(50)54-42-20-8-7-15-36(42)28-31-52(54)61/h1-35H. The van der Waals surface area contributed by atoms with Crippen LogP contribution in [0.25, 0.3) is 121 Å². The van der Waals surface area contributed by atoms with Crippen LogP contribution in [0.3, 0.4) is 0 Å². The molecular formula is C57H35N5. The topological polar surface area (TPSA) is 48.5 Å². The summed E-state index contributed by atoms with van der Waals surface area (Å²) in [5.74, 6) is 1.93. The molecule has 0 aliphatic heterocycles. The molecule has 5 nitrogen and oxygen atoms in total. The molecule has 3 heterocycles. The van der Waals surface area contributed by atoms with Crippen molar-refractivity contribution < 1.29 is 0 Å². The van der Waals surface area contributed by atoms with Crippen molar-refractivity contribution in [3.8, 4) is 45.5 Å². The molecule has 0 amide bonds. The first-order chi connectivity index (χ1) is 30.7. The fourth-order valence-corrected chi connectivity index (χ4v) is 9.72. The van der Waals surface area contributed by atoms with Crippen LogP contribution in [0.4, 0.5) is 0 Å². The van der Waals surface area contributed by atoms with E-state index in [1.165, 1.54) is 54.1 Å². The van der Waals surface area contributed by atoms with Crippen LogP contribution in [-0.4, -0.2) is 24.1 Å². The van der Waals surface area contributed by atoms with Gasteiger partial charge in [-0.15, -0.1) is 0 Å². The van der Waals surface area contributed by atoms with E-state index in [1.54, 1.807) is 0 Å². The van der Waals surface area contributed by atoms with Crippen LogP contribution in [0.15, 0.2) is 212 Å². The SMILES string of the molecule is c1ccc(-c2nc(-c3ccccc3)nc(-c3ccc(-n4c5ccccc5c5cc6cc(-n7c8ccccc8c8c9ccccc9ccc87)ccc6cc54)c4ccccc34)n2)cc1. The van der Waals surface area contributed by atoms with Crippen molar-refractivity contribution in [2.24, 2.45) is 0 Å². The summed E-state index contributed by atoms with van der Waals surface area (Å²) in [5, 5.41) is 12.1. The van der Waals surface area contributed by atoms with Gasteiger partial charge in [0.2, 0.25) is 0 Å². The highest BCUT2D eigenvalue weighted by Gasteiger charge is 2.20. The van der Waals surface area contributed by atoms with Crippen LogP contribution >= 0.6 is 0 Å². The second kappa shape index (κ2) is 13.6. The Hall–Kier alpha value is -8.41. The van der Waals surface area contributed by atoms with Crippen LogP contribution in [0.5, 0.6) is 0 Å². The molecule has 0 fully saturated rings. The zero-order valence-corrected chi connectivity index (χ0v) is 33.4. The molecule has 0 radical (unpaired) electrons. The summed E-state index contributed by atoms with van der Waals surface area (Å²) in [6.45, 7) is 0. The molecule has 13 rings (SSSR count). The number of nitrogens with zero attached hydrogens (tertiary/aromatic N) is 5. The van der Waals surface area contributed by atoms with Crippen molar-refractivity contribution in [1.82, 2.24) is 24.1 Å². The van der Waals surface area contributed by atoms with E-state index in [0.29, 0.717) is 17.5 Å². The molecule has 0 bridgehead atoms. The van der Waals surface area contributed by atoms with Gasteiger partial charge in [0, 0.05) is 49.3 Å². The van der Waals surface area contributed by atoms with E-state index in [-0.39, 0.29) is 0 Å². The molecule has 0 atom stereocenters. The van der Waals surface area contributed by atoms with Gasteiger partial charge in [-0.1, -0.05) is 158 Å². The third-order valence-electron chi connectivity index (χ3n) is 12.5. The average molecular weight is 790 g/mol. The van der Waals surface area contributed by atoms with Crippen LogP contribution in [0, 0.1) is 0 Å². The first-order valence-electron chi connectivity index (χ1n) is 21.0. The van der Waals surface area contributed by atoms with Crippen LogP contribution in [0.1, 0.15) is 0 Å². The summed E-state index contributed by atoms with van der Waals surface area (Å²) in [6.07, 6.45) is 0. The highest BCUT2D eigenvalue weighted by molar-refractivity contribution is 6.21. The summed E-state index contributed by atoms with van der Waals surface area (Å²) in [5.41, 5.74) is 9.83. The third-order valence-corrected chi connectivity index (χ3v) is 12.5. The minimum atomic E-state index is 0.640. The smallest absolute Gasteiger partial charge is 0.164 e. The summed E-state index contributed by atoms with van der Waals surface area (Å²) in [4.78, 5) is 15.2. The van der Waals surface area contributed by atoms with Gasteiger partial charge >= 0.3 is 0 Å². The number of aromatic nitrogens is 5. The van der Waals surface area contributed by atoms with E-state index in [4.69, 9.17) is 15.0 Å². The summed E-state index contributed by atoms with van der Waals surface area (Å²) in [7, 11) is 0. The molecule has 0 spiro atoms. The van der Waals surface area contributed by atoms with Gasteiger partial charge in [0.1, 0.15) is 0 Å². The van der Waals surface area contributed by atoms with Gasteiger partial charge in [0.05, 0.1) is 27.8 Å². The molecule has 0 aliphatic rings. The van der Waals surface area contributed by atoms with Crippen molar-refractivity contribution >= 4 is 75.9 Å². The molecule has 0 saturated carbocycles. The van der Waals surface area contributed by atoms with Crippen molar-refractivity contribution in [1.29, 1.82) is 0 Å². The monoisotopic (exact) mass is 789 g/mol. The number of hydrogen-bond acceptors (Lipinski definition) is 3. The lowest BCUT2D eigenvalue weighted by molar-refractivity contribution is 1.08. The van der Waals surface area contributed by atoms with Crippen LogP contribution in [0.2, 0.25) is 0 Å².